The first kappa shape index (κ1) is 74.6. The summed E-state index contributed by atoms with van der Waals surface area (Å²) >= 11 is 0. The van der Waals surface area contributed by atoms with E-state index in [1.165, 1.54) is 270 Å². The number of esters is 1. The lowest BCUT2D eigenvalue weighted by molar-refractivity contribution is -0.143. The van der Waals surface area contributed by atoms with Crippen molar-refractivity contribution in [2.45, 2.75) is 366 Å². The minimum Gasteiger partial charge on any atom is -0.466 e. The Morgan fingerprint density at radius 1 is 0.364 bits per heavy atom. The van der Waals surface area contributed by atoms with E-state index in [9.17, 15) is 19.8 Å². The molecular weight excluding hydrogens is 947 g/mol. The van der Waals surface area contributed by atoms with Gasteiger partial charge < -0.3 is 20.3 Å². The van der Waals surface area contributed by atoms with E-state index in [1.54, 1.807) is 6.08 Å². The quantitative estimate of drug-likeness (QED) is 0.0320. The molecular formula is C71H131NO5. The van der Waals surface area contributed by atoms with E-state index in [1.807, 2.05) is 6.08 Å². The number of aliphatic hydroxyl groups excluding tert-OH is 2. The number of carbonyl (C=O) groups is 2. The molecule has 0 spiro atoms. The van der Waals surface area contributed by atoms with Crippen molar-refractivity contribution in [3.05, 3.63) is 60.8 Å². The standard InChI is InChI=1S/C71H131NO5/c1-3-5-7-9-11-13-15-17-18-36-40-43-47-51-55-59-63-69(74)68(67-73)72-70(75)64-60-56-52-48-44-41-37-34-32-30-28-26-24-22-20-19-21-23-25-27-29-31-33-35-38-42-46-50-54-58-62-66-77-71(76)65-61-57-53-49-45-39-16-14-12-10-8-6-4-2/h8,10,14,16,21,23,27,29,59,63,68-69,73-74H,3-7,9,11-13,15,17-20,22,24-26,28,30-58,60-62,64-67H2,1-2H3,(H,72,75)/b10-8-,16-14-,23-21-,29-27-,63-59+. The maximum absolute atomic E-state index is 12.5. The highest BCUT2D eigenvalue weighted by Crippen LogP contribution is 2.17. The molecule has 450 valence electrons. The molecule has 0 radical (unpaired) electrons. The zero-order valence-electron chi connectivity index (χ0n) is 51.4. The minimum absolute atomic E-state index is 0.00289. The van der Waals surface area contributed by atoms with Crippen LogP contribution in [0.15, 0.2) is 60.8 Å². The molecule has 3 N–H and O–H groups in total. The van der Waals surface area contributed by atoms with Crippen LogP contribution in [0.4, 0.5) is 0 Å². The number of nitrogens with one attached hydrogen (secondary N) is 1. The third-order valence-electron chi connectivity index (χ3n) is 15.5. The highest BCUT2D eigenvalue weighted by molar-refractivity contribution is 5.76. The van der Waals surface area contributed by atoms with Gasteiger partial charge >= 0.3 is 5.97 Å². The van der Waals surface area contributed by atoms with Crippen LogP contribution >= 0.6 is 0 Å². The summed E-state index contributed by atoms with van der Waals surface area (Å²) in [6.07, 6.45) is 87.2. The molecule has 0 aromatic rings. The highest BCUT2D eigenvalue weighted by atomic mass is 16.5. The fraction of sp³-hybridized carbons (Fsp3) is 0.831. The van der Waals surface area contributed by atoms with Crippen molar-refractivity contribution in [1.29, 1.82) is 0 Å². The van der Waals surface area contributed by atoms with Crippen molar-refractivity contribution in [1.82, 2.24) is 5.32 Å². The predicted octanol–water partition coefficient (Wildman–Crippen LogP) is 21.9. The Kier molecular flexibility index (Phi) is 64.0. The molecule has 0 aromatic heterocycles. The van der Waals surface area contributed by atoms with Gasteiger partial charge in [-0.2, -0.15) is 0 Å². The van der Waals surface area contributed by atoms with Gasteiger partial charge in [0.2, 0.25) is 5.91 Å². The Bertz CT molecular complexity index is 1340. The number of amides is 1. The lowest BCUT2D eigenvalue weighted by Gasteiger charge is -2.20. The first-order valence-electron chi connectivity index (χ1n) is 34.1. The number of carbonyl (C=O) groups excluding carboxylic acids is 2. The van der Waals surface area contributed by atoms with Crippen LogP contribution in [0.2, 0.25) is 0 Å². The van der Waals surface area contributed by atoms with Gasteiger partial charge in [-0.15, -0.1) is 0 Å². The second-order valence-electron chi connectivity index (χ2n) is 23.1. The van der Waals surface area contributed by atoms with Gasteiger partial charge in [-0.3, -0.25) is 9.59 Å². The van der Waals surface area contributed by atoms with Gasteiger partial charge in [-0.25, -0.2) is 0 Å². The summed E-state index contributed by atoms with van der Waals surface area (Å²) in [5.41, 5.74) is 0. The van der Waals surface area contributed by atoms with Gasteiger partial charge in [0, 0.05) is 12.8 Å². The molecule has 0 fully saturated rings. The van der Waals surface area contributed by atoms with E-state index in [-0.39, 0.29) is 18.5 Å². The van der Waals surface area contributed by atoms with Crippen LogP contribution in [0.25, 0.3) is 0 Å². The summed E-state index contributed by atoms with van der Waals surface area (Å²) in [6.45, 7) is 4.85. The molecule has 2 atom stereocenters. The molecule has 1 amide bonds. The van der Waals surface area contributed by atoms with Crippen LogP contribution < -0.4 is 5.32 Å². The number of hydrogen-bond donors (Lipinski definition) is 3. The monoisotopic (exact) mass is 1080 g/mol. The smallest absolute Gasteiger partial charge is 0.305 e. The molecule has 2 unspecified atom stereocenters. The van der Waals surface area contributed by atoms with Gasteiger partial charge in [0.1, 0.15) is 0 Å². The summed E-state index contributed by atoms with van der Waals surface area (Å²) < 4.78 is 5.47. The molecule has 0 aliphatic rings. The Labute approximate surface area is 479 Å². The fourth-order valence-corrected chi connectivity index (χ4v) is 10.3. The molecule has 77 heavy (non-hydrogen) atoms. The number of aliphatic hydroxyl groups is 2. The zero-order valence-corrected chi connectivity index (χ0v) is 51.4. The van der Waals surface area contributed by atoms with E-state index < -0.39 is 12.1 Å². The average Bonchev–Trinajstić information content (AvgIpc) is 3.43. The third-order valence-corrected chi connectivity index (χ3v) is 15.5. The van der Waals surface area contributed by atoms with Crippen LogP contribution in [0.3, 0.4) is 0 Å². The number of unbranched alkanes of at least 4 members (excludes halogenated alkanes) is 44. The maximum Gasteiger partial charge on any atom is 0.305 e. The highest BCUT2D eigenvalue weighted by Gasteiger charge is 2.18. The first-order chi connectivity index (χ1) is 38.0. The summed E-state index contributed by atoms with van der Waals surface area (Å²) in [5, 5.41) is 23.2. The number of rotatable bonds is 63. The molecule has 0 heterocycles. The molecule has 0 saturated heterocycles. The molecule has 0 rings (SSSR count). The molecule has 0 aliphatic carbocycles. The zero-order chi connectivity index (χ0) is 55.7. The number of hydrogen-bond acceptors (Lipinski definition) is 5. The normalized spacial score (nSPS) is 12.9. The van der Waals surface area contributed by atoms with Crippen molar-refractivity contribution in [2.75, 3.05) is 13.2 Å². The van der Waals surface area contributed by atoms with Gasteiger partial charge in [0.05, 0.1) is 25.4 Å². The Morgan fingerprint density at radius 3 is 1.04 bits per heavy atom. The maximum atomic E-state index is 12.5. The largest absolute Gasteiger partial charge is 0.466 e. The van der Waals surface area contributed by atoms with Crippen molar-refractivity contribution < 1.29 is 24.5 Å². The van der Waals surface area contributed by atoms with Crippen molar-refractivity contribution >= 4 is 11.9 Å². The minimum atomic E-state index is -0.845. The Balaban J connectivity index is 3.42. The predicted molar refractivity (Wildman–Crippen MR) is 338 cm³/mol. The second-order valence-corrected chi connectivity index (χ2v) is 23.1. The molecule has 0 aliphatic heterocycles. The van der Waals surface area contributed by atoms with Crippen molar-refractivity contribution in [3.8, 4) is 0 Å². The number of ether oxygens (including phenoxy) is 1. The van der Waals surface area contributed by atoms with Gasteiger partial charge in [-0.1, -0.05) is 312 Å². The van der Waals surface area contributed by atoms with Crippen LogP contribution in [-0.2, 0) is 14.3 Å². The van der Waals surface area contributed by atoms with Crippen LogP contribution in [-0.4, -0.2) is 47.4 Å². The number of allylic oxidation sites excluding steroid dienone is 9. The van der Waals surface area contributed by atoms with Gasteiger partial charge in [0.15, 0.2) is 0 Å². The van der Waals surface area contributed by atoms with Crippen molar-refractivity contribution in [3.63, 3.8) is 0 Å². The molecule has 6 nitrogen and oxygen atoms in total. The molecule has 0 aromatic carbocycles. The van der Waals surface area contributed by atoms with E-state index in [4.69, 9.17) is 4.74 Å². The van der Waals surface area contributed by atoms with E-state index in [0.717, 1.165) is 57.8 Å². The Hall–Kier alpha value is -2.44. The van der Waals surface area contributed by atoms with Crippen LogP contribution in [0, 0.1) is 0 Å². The Morgan fingerprint density at radius 2 is 0.675 bits per heavy atom. The fourth-order valence-electron chi connectivity index (χ4n) is 10.3. The third kappa shape index (κ3) is 62.6. The summed E-state index contributed by atoms with van der Waals surface area (Å²) in [5.74, 6) is -0.0689. The SMILES string of the molecule is CCC/C=C\C/C=C\CCCCCCCC(=O)OCCCCCCCCCCC/C=C\C/C=C\CCCCCCCCCCCCCCCCCC(=O)NC(CO)C(O)/C=C/CCCCCCCCCCCCCCCC. The lowest BCUT2D eigenvalue weighted by atomic mass is 10.0. The summed E-state index contributed by atoms with van der Waals surface area (Å²) in [4.78, 5) is 24.5. The second kappa shape index (κ2) is 66.1. The van der Waals surface area contributed by atoms with Crippen LogP contribution in [0.1, 0.15) is 354 Å². The van der Waals surface area contributed by atoms with Crippen molar-refractivity contribution in [2.24, 2.45) is 0 Å². The molecule has 0 bridgehead atoms. The lowest BCUT2D eigenvalue weighted by Crippen LogP contribution is -2.45. The van der Waals surface area contributed by atoms with Gasteiger partial charge in [0.25, 0.3) is 0 Å². The van der Waals surface area contributed by atoms with E-state index >= 15 is 0 Å². The summed E-state index contributed by atoms with van der Waals surface area (Å²) in [6, 6.07) is -0.628. The molecule has 6 heteroatoms. The van der Waals surface area contributed by atoms with E-state index in [0.29, 0.717) is 19.4 Å². The summed E-state index contributed by atoms with van der Waals surface area (Å²) in [7, 11) is 0. The van der Waals surface area contributed by atoms with Gasteiger partial charge in [-0.05, 0) is 89.9 Å². The molecule has 0 saturated carbocycles. The van der Waals surface area contributed by atoms with Crippen LogP contribution in [0.5, 0.6) is 0 Å². The topological polar surface area (TPSA) is 95.9 Å². The first-order valence-corrected chi connectivity index (χ1v) is 34.1. The average molecular weight is 1080 g/mol. The van der Waals surface area contributed by atoms with E-state index in [2.05, 4.69) is 67.8 Å².